The lowest BCUT2D eigenvalue weighted by molar-refractivity contribution is 0.0427. The first-order chi connectivity index (χ1) is 17.0. The van der Waals surface area contributed by atoms with E-state index >= 15 is 0 Å². The number of hydrogen-bond acceptors (Lipinski definition) is 7. The third-order valence-electron chi connectivity index (χ3n) is 7.29. The molecule has 36 heavy (non-hydrogen) atoms. The number of anilines is 1. The Bertz CT molecular complexity index is 1030. The molecule has 1 saturated carbocycles. The summed E-state index contributed by atoms with van der Waals surface area (Å²) in [5.74, 6) is 0.865. The molecule has 1 aliphatic rings. The Kier molecular flexibility index (Phi) is 9.37. The predicted octanol–water partition coefficient (Wildman–Crippen LogP) is 5.85. The van der Waals surface area contributed by atoms with Crippen molar-refractivity contribution in [3.05, 3.63) is 42.0 Å². The second kappa shape index (κ2) is 11.9. The summed E-state index contributed by atoms with van der Waals surface area (Å²) in [4.78, 5) is 1.98. The molecule has 1 aliphatic carbocycles. The molecule has 0 radical (unpaired) electrons. The van der Waals surface area contributed by atoms with Gasteiger partial charge >= 0.3 is 0 Å². The van der Waals surface area contributed by atoms with Gasteiger partial charge in [-0.05, 0) is 72.6 Å². The van der Waals surface area contributed by atoms with Crippen molar-refractivity contribution in [2.75, 3.05) is 40.3 Å². The summed E-state index contributed by atoms with van der Waals surface area (Å²) in [6.07, 6.45) is 2.73. The van der Waals surface area contributed by atoms with Crippen LogP contribution in [0.15, 0.2) is 36.4 Å². The van der Waals surface area contributed by atoms with E-state index in [4.69, 9.17) is 18.7 Å². The Morgan fingerprint density at radius 1 is 0.972 bits per heavy atom. The van der Waals surface area contributed by atoms with Crippen molar-refractivity contribution in [3.63, 3.8) is 0 Å². The first-order valence-corrected chi connectivity index (χ1v) is 14.3. The summed E-state index contributed by atoms with van der Waals surface area (Å²) >= 11 is 0. The van der Waals surface area contributed by atoms with E-state index in [0.29, 0.717) is 40.0 Å². The van der Waals surface area contributed by atoms with Crippen molar-refractivity contribution in [1.29, 1.82) is 0 Å². The molecule has 0 saturated heterocycles. The van der Waals surface area contributed by atoms with Crippen molar-refractivity contribution in [2.45, 2.75) is 52.0 Å². The van der Waals surface area contributed by atoms with Gasteiger partial charge in [0.15, 0.2) is 17.3 Å². The van der Waals surface area contributed by atoms with Crippen molar-refractivity contribution in [2.24, 2.45) is 17.8 Å². The second-order valence-corrected chi connectivity index (χ2v) is 12.7. The van der Waals surface area contributed by atoms with Crippen molar-refractivity contribution < 1.29 is 28.4 Å². The first kappa shape index (κ1) is 28.4. The van der Waals surface area contributed by atoms with Crippen LogP contribution in [0.5, 0.6) is 17.2 Å². The highest BCUT2D eigenvalue weighted by Crippen LogP contribution is 2.61. The number of aliphatic hydroxyl groups is 1. The van der Waals surface area contributed by atoms with Crippen LogP contribution in [0.1, 0.15) is 51.4 Å². The zero-order valence-electron chi connectivity index (χ0n) is 22.9. The van der Waals surface area contributed by atoms with Gasteiger partial charge in [-0.3, -0.25) is 4.57 Å². The largest absolute Gasteiger partial charge is 0.493 e. The molecular formula is C28H42NO6P. The number of ether oxygens (including phenoxy) is 3. The van der Waals surface area contributed by atoms with Gasteiger partial charge in [0.05, 0.1) is 27.4 Å². The van der Waals surface area contributed by atoms with Gasteiger partial charge in [0.25, 0.3) is 7.37 Å². The van der Waals surface area contributed by atoms with E-state index < -0.39 is 13.2 Å². The highest BCUT2D eigenvalue weighted by atomic mass is 31.2. The quantitative estimate of drug-likeness (QED) is 0.395. The smallest absolute Gasteiger partial charge is 0.264 e. The number of hydrogen-bond donors (Lipinski definition) is 1. The van der Waals surface area contributed by atoms with Gasteiger partial charge in [0, 0.05) is 25.1 Å². The summed E-state index contributed by atoms with van der Waals surface area (Å²) in [6.45, 7) is 6.58. The van der Waals surface area contributed by atoms with E-state index in [1.54, 1.807) is 24.3 Å². The minimum Gasteiger partial charge on any atom is -0.493 e. The van der Waals surface area contributed by atoms with Crippen LogP contribution in [0.25, 0.3) is 0 Å². The average Bonchev–Trinajstić information content (AvgIpc) is 2.87. The van der Waals surface area contributed by atoms with Crippen LogP contribution < -0.4 is 24.4 Å². The average molecular weight is 520 g/mol. The van der Waals surface area contributed by atoms with Crippen molar-refractivity contribution >= 4 is 18.4 Å². The highest BCUT2D eigenvalue weighted by Gasteiger charge is 2.43. The molecule has 0 aliphatic heterocycles. The van der Waals surface area contributed by atoms with Gasteiger partial charge < -0.3 is 28.7 Å². The fourth-order valence-electron chi connectivity index (χ4n) is 5.10. The fourth-order valence-corrected chi connectivity index (χ4v) is 7.37. The standard InChI is InChI=1S/C28H42NO6P/c1-18(2)23-14-9-19(3)15-24(23)35-36(31,22-12-10-21(11-13-22)29(4)5)28(30)20-16-25(32-6)27(34-8)26(17-20)33-7/h10-13,16-19,23-24,28,30H,9,14-15H2,1-8H3/t19-,23-,24+,28+,36+/m0/s1. The van der Waals surface area contributed by atoms with Gasteiger partial charge in [0.1, 0.15) is 0 Å². The number of aliphatic hydroxyl groups excluding tert-OH is 1. The normalized spacial score (nSPS) is 22.6. The van der Waals surface area contributed by atoms with Crippen LogP contribution in [-0.2, 0) is 9.09 Å². The zero-order valence-corrected chi connectivity index (χ0v) is 23.7. The molecule has 0 unspecified atom stereocenters. The summed E-state index contributed by atoms with van der Waals surface area (Å²) in [7, 11) is 4.64. The van der Waals surface area contributed by atoms with Crippen LogP contribution in [-0.4, -0.2) is 46.6 Å². The maximum Gasteiger partial charge on any atom is 0.264 e. The maximum atomic E-state index is 14.9. The zero-order chi connectivity index (χ0) is 26.6. The lowest BCUT2D eigenvalue weighted by Crippen LogP contribution is -2.35. The Morgan fingerprint density at radius 2 is 1.56 bits per heavy atom. The van der Waals surface area contributed by atoms with Crippen LogP contribution >= 0.6 is 7.37 Å². The molecule has 2 aromatic carbocycles. The topological polar surface area (TPSA) is 77.5 Å². The van der Waals surface area contributed by atoms with Gasteiger partial charge in [-0.2, -0.15) is 0 Å². The number of rotatable bonds is 10. The summed E-state index contributed by atoms with van der Waals surface area (Å²) in [5.41, 5.74) is 1.35. The van der Waals surface area contributed by atoms with Crippen LogP contribution in [0.4, 0.5) is 5.69 Å². The van der Waals surface area contributed by atoms with Gasteiger partial charge in [0.2, 0.25) is 5.75 Å². The van der Waals surface area contributed by atoms with E-state index in [0.717, 1.165) is 24.9 Å². The fraction of sp³-hybridized carbons (Fsp3) is 0.571. The predicted molar refractivity (Wildman–Crippen MR) is 145 cm³/mol. The van der Waals surface area contributed by atoms with Gasteiger partial charge in [-0.1, -0.05) is 27.2 Å². The Morgan fingerprint density at radius 3 is 2.03 bits per heavy atom. The molecule has 7 nitrogen and oxygen atoms in total. The van der Waals surface area contributed by atoms with Gasteiger partial charge in [-0.25, -0.2) is 0 Å². The van der Waals surface area contributed by atoms with Crippen LogP contribution in [0.2, 0.25) is 0 Å². The molecule has 0 amide bonds. The summed E-state index contributed by atoms with van der Waals surface area (Å²) in [6, 6.07) is 10.7. The molecule has 0 bridgehead atoms. The summed E-state index contributed by atoms with van der Waals surface area (Å²) < 4.78 is 37.9. The van der Waals surface area contributed by atoms with Crippen molar-refractivity contribution in [3.8, 4) is 17.2 Å². The van der Waals surface area contributed by atoms with Gasteiger partial charge in [-0.15, -0.1) is 0 Å². The molecule has 200 valence electrons. The third kappa shape index (κ3) is 5.85. The molecule has 2 aromatic rings. The molecule has 1 fully saturated rings. The Hall–Kier alpha value is -2.21. The highest BCUT2D eigenvalue weighted by molar-refractivity contribution is 7.67. The molecule has 8 heteroatoms. The molecule has 0 heterocycles. The summed E-state index contributed by atoms with van der Waals surface area (Å²) in [5, 5.41) is 12.2. The Labute approximate surface area is 216 Å². The van der Waals surface area contributed by atoms with E-state index in [1.165, 1.54) is 21.3 Å². The van der Waals surface area contributed by atoms with Crippen LogP contribution in [0, 0.1) is 17.8 Å². The molecule has 1 N–H and O–H groups in total. The molecule has 3 rings (SSSR count). The lowest BCUT2D eigenvalue weighted by Gasteiger charge is -2.40. The SMILES string of the molecule is COc1cc([C@H](O)[P@](=O)(O[C@@H]2C[C@@H](C)CC[C@H]2C(C)C)c2ccc(N(C)C)cc2)cc(OC)c1OC. The number of nitrogens with zero attached hydrogens (tertiary/aromatic N) is 1. The maximum absolute atomic E-state index is 14.9. The monoisotopic (exact) mass is 519 g/mol. The van der Waals surface area contributed by atoms with E-state index in [2.05, 4.69) is 20.8 Å². The number of methoxy groups -OCH3 is 3. The first-order valence-electron chi connectivity index (χ1n) is 12.6. The van der Waals surface area contributed by atoms with E-state index in [1.807, 2.05) is 31.1 Å². The third-order valence-corrected chi connectivity index (χ3v) is 9.83. The molecule has 0 aromatic heterocycles. The number of benzene rings is 2. The molecule has 5 atom stereocenters. The van der Waals surface area contributed by atoms with E-state index in [-0.39, 0.29) is 12.0 Å². The minimum absolute atomic E-state index is 0.218. The van der Waals surface area contributed by atoms with Crippen LogP contribution in [0.3, 0.4) is 0 Å². The Balaban J connectivity index is 2.13. The second-order valence-electron chi connectivity index (χ2n) is 10.3. The molecular weight excluding hydrogens is 477 g/mol. The van der Waals surface area contributed by atoms with E-state index in [9.17, 15) is 9.67 Å². The molecule has 0 spiro atoms. The minimum atomic E-state index is -3.81. The lowest BCUT2D eigenvalue weighted by atomic mass is 9.75. The van der Waals surface area contributed by atoms with Crippen molar-refractivity contribution in [1.82, 2.24) is 0 Å².